The lowest BCUT2D eigenvalue weighted by molar-refractivity contribution is 0.0274. The van der Waals surface area contributed by atoms with Crippen LogP contribution in [0.15, 0.2) is 12.1 Å². The number of hydrogen-bond donors (Lipinski definition) is 0. The standard InChI is InChI=1S/C13H18ClN3O3/c1-13(2,3)20-12(18)17-7-6-9(8-17)19-11-5-4-10(14)15-16-11/h4-5,9H,6-8H2,1-3H3. The number of halogens is 1. The Morgan fingerprint density at radius 1 is 1.40 bits per heavy atom. The lowest BCUT2D eigenvalue weighted by Crippen LogP contribution is -2.36. The van der Waals surface area contributed by atoms with Gasteiger partial charge in [0.2, 0.25) is 5.88 Å². The van der Waals surface area contributed by atoms with E-state index in [-0.39, 0.29) is 12.2 Å². The highest BCUT2D eigenvalue weighted by Crippen LogP contribution is 2.19. The van der Waals surface area contributed by atoms with Gasteiger partial charge in [0.15, 0.2) is 5.15 Å². The van der Waals surface area contributed by atoms with Crippen molar-refractivity contribution in [2.75, 3.05) is 13.1 Å². The fourth-order valence-electron chi connectivity index (χ4n) is 1.85. The topological polar surface area (TPSA) is 64.5 Å². The fraction of sp³-hybridized carbons (Fsp3) is 0.615. The highest BCUT2D eigenvalue weighted by molar-refractivity contribution is 6.29. The first-order valence-corrected chi connectivity index (χ1v) is 6.85. The average molecular weight is 300 g/mol. The molecule has 20 heavy (non-hydrogen) atoms. The van der Waals surface area contributed by atoms with Gasteiger partial charge in [0.05, 0.1) is 6.54 Å². The lowest BCUT2D eigenvalue weighted by Gasteiger charge is -2.24. The fourth-order valence-corrected chi connectivity index (χ4v) is 1.95. The zero-order chi connectivity index (χ0) is 14.8. The number of rotatable bonds is 2. The highest BCUT2D eigenvalue weighted by Gasteiger charge is 2.31. The first kappa shape index (κ1) is 14.8. The number of carbonyl (C=O) groups is 1. The van der Waals surface area contributed by atoms with Crippen LogP contribution >= 0.6 is 11.6 Å². The molecule has 0 aliphatic carbocycles. The number of hydrogen-bond acceptors (Lipinski definition) is 5. The molecule has 1 saturated heterocycles. The Bertz CT molecular complexity index is 473. The van der Waals surface area contributed by atoms with Crippen molar-refractivity contribution in [3.8, 4) is 5.88 Å². The second-order valence-corrected chi connectivity index (χ2v) is 6.04. The monoisotopic (exact) mass is 299 g/mol. The van der Waals surface area contributed by atoms with Crippen LogP contribution in [-0.2, 0) is 4.74 Å². The second kappa shape index (κ2) is 5.83. The van der Waals surface area contributed by atoms with Crippen LogP contribution in [0.2, 0.25) is 5.15 Å². The molecular weight excluding hydrogens is 282 g/mol. The van der Waals surface area contributed by atoms with Crippen LogP contribution in [-0.4, -0.2) is 46.0 Å². The van der Waals surface area contributed by atoms with Gasteiger partial charge in [0, 0.05) is 19.0 Å². The van der Waals surface area contributed by atoms with Crippen LogP contribution in [0.1, 0.15) is 27.2 Å². The zero-order valence-corrected chi connectivity index (χ0v) is 12.6. The van der Waals surface area contributed by atoms with Crippen LogP contribution in [0.25, 0.3) is 0 Å². The van der Waals surface area contributed by atoms with E-state index >= 15 is 0 Å². The molecule has 0 bridgehead atoms. The summed E-state index contributed by atoms with van der Waals surface area (Å²) in [6.07, 6.45) is 0.326. The quantitative estimate of drug-likeness (QED) is 0.839. The summed E-state index contributed by atoms with van der Waals surface area (Å²) in [5, 5.41) is 7.86. The number of amides is 1. The van der Waals surface area contributed by atoms with Crippen molar-refractivity contribution in [3.63, 3.8) is 0 Å². The van der Waals surface area contributed by atoms with Gasteiger partial charge in [-0.05, 0) is 26.8 Å². The maximum Gasteiger partial charge on any atom is 0.410 e. The first-order chi connectivity index (χ1) is 9.33. The molecule has 0 radical (unpaired) electrons. The molecule has 1 aromatic rings. The van der Waals surface area contributed by atoms with Crippen molar-refractivity contribution < 1.29 is 14.3 Å². The molecule has 0 aromatic carbocycles. The summed E-state index contributed by atoms with van der Waals surface area (Å²) in [5.74, 6) is 0.408. The van der Waals surface area contributed by atoms with Gasteiger partial charge >= 0.3 is 6.09 Å². The summed E-state index contributed by atoms with van der Waals surface area (Å²) in [5.41, 5.74) is -0.488. The van der Waals surface area contributed by atoms with Gasteiger partial charge in [0.25, 0.3) is 0 Å². The Morgan fingerprint density at radius 2 is 2.15 bits per heavy atom. The van der Waals surface area contributed by atoms with Crippen molar-refractivity contribution >= 4 is 17.7 Å². The number of likely N-dealkylation sites (tertiary alicyclic amines) is 1. The lowest BCUT2D eigenvalue weighted by atomic mass is 10.2. The van der Waals surface area contributed by atoms with Gasteiger partial charge in [0.1, 0.15) is 11.7 Å². The third-order valence-corrected chi connectivity index (χ3v) is 2.89. The van der Waals surface area contributed by atoms with Gasteiger partial charge < -0.3 is 14.4 Å². The first-order valence-electron chi connectivity index (χ1n) is 6.47. The number of nitrogens with zero attached hydrogens (tertiary/aromatic N) is 3. The Labute approximate surface area is 123 Å². The van der Waals surface area contributed by atoms with Crippen LogP contribution in [0.5, 0.6) is 5.88 Å². The van der Waals surface area contributed by atoms with Crippen LogP contribution in [0, 0.1) is 0 Å². The van der Waals surface area contributed by atoms with E-state index in [1.54, 1.807) is 17.0 Å². The number of ether oxygens (including phenoxy) is 2. The Kier molecular flexibility index (Phi) is 4.32. The highest BCUT2D eigenvalue weighted by atomic mass is 35.5. The van der Waals surface area contributed by atoms with E-state index in [9.17, 15) is 4.79 Å². The largest absolute Gasteiger partial charge is 0.471 e. The predicted octanol–water partition coefficient (Wildman–Crippen LogP) is 2.52. The van der Waals surface area contributed by atoms with Crippen molar-refractivity contribution in [3.05, 3.63) is 17.3 Å². The maximum atomic E-state index is 11.9. The summed E-state index contributed by atoms with van der Waals surface area (Å²) in [7, 11) is 0. The average Bonchev–Trinajstić information content (AvgIpc) is 2.79. The molecule has 1 unspecified atom stereocenters. The molecule has 0 spiro atoms. The SMILES string of the molecule is CC(C)(C)OC(=O)N1CCC(Oc2ccc(Cl)nn2)C1. The van der Waals surface area contributed by atoms with E-state index in [0.29, 0.717) is 24.1 Å². The van der Waals surface area contributed by atoms with Crippen LogP contribution in [0.3, 0.4) is 0 Å². The smallest absolute Gasteiger partial charge is 0.410 e. The van der Waals surface area contributed by atoms with Crippen molar-refractivity contribution in [2.45, 2.75) is 38.9 Å². The number of aromatic nitrogens is 2. The molecule has 1 aromatic heterocycles. The minimum atomic E-state index is -0.488. The molecular formula is C13H18ClN3O3. The molecule has 2 heterocycles. The minimum absolute atomic E-state index is 0.0991. The predicted molar refractivity (Wildman–Crippen MR) is 73.9 cm³/mol. The van der Waals surface area contributed by atoms with Gasteiger partial charge in [-0.2, -0.15) is 0 Å². The molecule has 1 aliphatic rings. The van der Waals surface area contributed by atoms with Crippen LogP contribution in [0.4, 0.5) is 4.79 Å². The molecule has 6 nitrogen and oxygen atoms in total. The molecule has 1 amide bonds. The van der Waals surface area contributed by atoms with Crippen molar-refractivity contribution in [1.82, 2.24) is 15.1 Å². The Morgan fingerprint density at radius 3 is 2.75 bits per heavy atom. The maximum absolute atomic E-state index is 11.9. The van der Waals surface area contributed by atoms with E-state index < -0.39 is 5.60 Å². The van der Waals surface area contributed by atoms with Crippen molar-refractivity contribution in [2.24, 2.45) is 0 Å². The molecule has 0 N–H and O–H groups in total. The van der Waals surface area contributed by atoms with Gasteiger partial charge in [-0.25, -0.2) is 4.79 Å². The molecule has 0 saturated carbocycles. The number of carbonyl (C=O) groups excluding carboxylic acids is 1. The molecule has 1 atom stereocenters. The normalized spacial score (nSPS) is 19.0. The van der Waals surface area contributed by atoms with Crippen molar-refractivity contribution in [1.29, 1.82) is 0 Å². The summed E-state index contributed by atoms with van der Waals surface area (Å²) in [6, 6.07) is 3.27. The third-order valence-electron chi connectivity index (χ3n) is 2.69. The Balaban J connectivity index is 1.86. The van der Waals surface area contributed by atoms with E-state index in [1.165, 1.54) is 0 Å². The molecule has 1 aliphatic heterocycles. The third kappa shape index (κ3) is 4.23. The minimum Gasteiger partial charge on any atom is -0.471 e. The van der Waals surface area contributed by atoms with Gasteiger partial charge in [-0.1, -0.05) is 11.6 Å². The van der Waals surface area contributed by atoms with E-state index in [0.717, 1.165) is 6.42 Å². The van der Waals surface area contributed by atoms with Crippen LogP contribution < -0.4 is 4.74 Å². The molecule has 2 rings (SSSR count). The molecule has 1 fully saturated rings. The summed E-state index contributed by atoms with van der Waals surface area (Å²) >= 11 is 5.66. The molecule has 110 valence electrons. The summed E-state index contributed by atoms with van der Waals surface area (Å²) in [4.78, 5) is 13.5. The molecule has 7 heteroatoms. The van der Waals surface area contributed by atoms with E-state index in [4.69, 9.17) is 21.1 Å². The summed E-state index contributed by atoms with van der Waals surface area (Å²) in [6.45, 7) is 6.63. The summed E-state index contributed by atoms with van der Waals surface area (Å²) < 4.78 is 11.0. The van der Waals surface area contributed by atoms with E-state index in [1.807, 2.05) is 20.8 Å². The second-order valence-electron chi connectivity index (χ2n) is 5.65. The van der Waals surface area contributed by atoms with Gasteiger partial charge in [-0.3, -0.25) is 0 Å². The zero-order valence-electron chi connectivity index (χ0n) is 11.8. The Hall–Kier alpha value is -1.56. The van der Waals surface area contributed by atoms with E-state index in [2.05, 4.69) is 10.2 Å². The van der Waals surface area contributed by atoms with Gasteiger partial charge in [-0.15, -0.1) is 10.2 Å².